The van der Waals surface area contributed by atoms with E-state index in [2.05, 4.69) is 25.7 Å². The van der Waals surface area contributed by atoms with E-state index in [1.807, 2.05) is 6.07 Å². The van der Waals surface area contributed by atoms with Crippen LogP contribution in [0.1, 0.15) is 10.4 Å². The molecule has 178 valence electrons. The van der Waals surface area contributed by atoms with E-state index in [0.717, 1.165) is 24.8 Å². The summed E-state index contributed by atoms with van der Waals surface area (Å²) in [7, 11) is -4.93. The molecule has 0 atom stereocenters. The van der Waals surface area contributed by atoms with Crippen LogP contribution in [0.15, 0.2) is 65.7 Å². The fourth-order valence-electron chi connectivity index (χ4n) is 3.39. The zero-order valence-corrected chi connectivity index (χ0v) is 18.6. The highest BCUT2D eigenvalue weighted by Gasteiger charge is 2.30. The topological polar surface area (TPSA) is 114 Å². The van der Waals surface area contributed by atoms with Gasteiger partial charge < -0.3 is 20.3 Å². The Kier molecular flexibility index (Phi) is 6.98. The lowest BCUT2D eigenvalue weighted by Crippen LogP contribution is -2.36. The van der Waals surface area contributed by atoms with E-state index in [1.165, 1.54) is 18.2 Å². The Bertz CT molecular complexity index is 1270. The van der Waals surface area contributed by atoms with Crippen molar-refractivity contribution in [2.45, 2.75) is 10.7 Å². The summed E-state index contributed by atoms with van der Waals surface area (Å²) in [5.41, 5.74) is 1.59. The molecule has 0 radical (unpaired) electrons. The van der Waals surface area contributed by atoms with Crippen LogP contribution < -0.4 is 15.5 Å². The smallest absolute Gasteiger partial charge is 0.341 e. The molecule has 4 rings (SSSR count). The molecule has 2 aromatic carbocycles. The highest BCUT2D eigenvalue weighted by atomic mass is 32.2. The molecule has 1 amide bonds. The molecule has 0 saturated carbocycles. The van der Waals surface area contributed by atoms with E-state index in [9.17, 15) is 22.0 Å². The second-order valence-electron chi connectivity index (χ2n) is 7.36. The highest BCUT2D eigenvalue weighted by molar-refractivity contribution is 7.91. The largest absolute Gasteiger partial charge is 0.378 e. The van der Waals surface area contributed by atoms with Crippen LogP contribution in [0.2, 0.25) is 0 Å². The summed E-state index contributed by atoms with van der Waals surface area (Å²) < 4.78 is 55.1. The van der Waals surface area contributed by atoms with Crippen LogP contribution >= 0.6 is 0 Å². The Balaban J connectivity index is 1.45. The molecule has 3 aromatic rings. The lowest BCUT2D eigenvalue weighted by molar-refractivity contribution is 0.102. The van der Waals surface area contributed by atoms with E-state index >= 15 is 0 Å². The van der Waals surface area contributed by atoms with Gasteiger partial charge >= 0.3 is 5.76 Å². The molecular formula is C22H21F2N5O4S. The molecule has 0 aliphatic carbocycles. The SMILES string of the molecule is O=C(Nc1ccc(Nc2cc(N3CCOCC3)cnn2)cc1)c1ccccc1S(=O)(=O)C(F)F. The Labute approximate surface area is 194 Å². The normalized spacial score (nSPS) is 14.1. The van der Waals surface area contributed by atoms with Gasteiger partial charge in [0.05, 0.1) is 35.6 Å². The van der Waals surface area contributed by atoms with Crippen LogP contribution in [-0.4, -0.2) is 56.6 Å². The molecule has 1 fully saturated rings. The molecule has 1 aromatic heterocycles. The molecule has 0 bridgehead atoms. The van der Waals surface area contributed by atoms with Crippen molar-refractivity contribution in [1.29, 1.82) is 0 Å². The molecule has 12 heteroatoms. The second kappa shape index (κ2) is 10.1. The summed E-state index contributed by atoms with van der Waals surface area (Å²) in [4.78, 5) is 14.0. The third kappa shape index (κ3) is 5.29. The van der Waals surface area contributed by atoms with Crippen LogP contribution in [0.3, 0.4) is 0 Å². The van der Waals surface area contributed by atoms with E-state index in [1.54, 1.807) is 30.5 Å². The number of hydrogen-bond acceptors (Lipinski definition) is 8. The number of sulfone groups is 1. The fourth-order valence-corrected chi connectivity index (χ4v) is 4.32. The first-order chi connectivity index (χ1) is 16.3. The summed E-state index contributed by atoms with van der Waals surface area (Å²) in [6, 6.07) is 13.3. The van der Waals surface area contributed by atoms with Crippen molar-refractivity contribution in [1.82, 2.24) is 10.2 Å². The van der Waals surface area contributed by atoms with Gasteiger partial charge in [-0.25, -0.2) is 8.42 Å². The number of alkyl halides is 2. The monoisotopic (exact) mass is 489 g/mol. The van der Waals surface area contributed by atoms with Gasteiger partial charge in [-0.05, 0) is 36.4 Å². The van der Waals surface area contributed by atoms with Crippen molar-refractivity contribution in [2.75, 3.05) is 41.8 Å². The number of carbonyl (C=O) groups excluding carboxylic acids is 1. The number of rotatable bonds is 7. The Morgan fingerprint density at radius 3 is 2.41 bits per heavy atom. The molecule has 34 heavy (non-hydrogen) atoms. The van der Waals surface area contributed by atoms with Gasteiger partial charge in [0.1, 0.15) is 0 Å². The van der Waals surface area contributed by atoms with E-state index in [4.69, 9.17) is 4.74 Å². The third-order valence-electron chi connectivity index (χ3n) is 5.10. The highest BCUT2D eigenvalue weighted by Crippen LogP contribution is 2.25. The lowest BCUT2D eigenvalue weighted by Gasteiger charge is -2.28. The summed E-state index contributed by atoms with van der Waals surface area (Å²) in [6.45, 7) is 2.83. The maximum atomic E-state index is 13.0. The first-order valence-corrected chi connectivity index (χ1v) is 11.8. The van der Waals surface area contributed by atoms with Crippen LogP contribution in [-0.2, 0) is 14.6 Å². The first kappa shape index (κ1) is 23.5. The number of morpholine rings is 1. The van der Waals surface area contributed by atoms with Gasteiger partial charge in [-0.3, -0.25) is 4.79 Å². The molecular weight excluding hydrogens is 468 g/mol. The summed E-state index contributed by atoms with van der Waals surface area (Å²) in [6.07, 6.45) is 1.68. The molecule has 2 heterocycles. The number of anilines is 4. The molecule has 0 spiro atoms. The minimum Gasteiger partial charge on any atom is -0.378 e. The maximum Gasteiger partial charge on any atom is 0.341 e. The van der Waals surface area contributed by atoms with Gasteiger partial charge in [-0.2, -0.15) is 13.9 Å². The quantitative estimate of drug-likeness (QED) is 0.520. The Morgan fingerprint density at radius 1 is 1.03 bits per heavy atom. The summed E-state index contributed by atoms with van der Waals surface area (Å²) in [5.74, 6) is -3.91. The number of benzene rings is 2. The Hall–Kier alpha value is -3.64. The Morgan fingerprint density at radius 2 is 1.71 bits per heavy atom. The van der Waals surface area contributed by atoms with Crippen molar-refractivity contribution in [3.05, 3.63) is 66.4 Å². The van der Waals surface area contributed by atoms with Crippen LogP contribution in [0.5, 0.6) is 0 Å². The van der Waals surface area contributed by atoms with Gasteiger partial charge in [0, 0.05) is 30.5 Å². The summed E-state index contributed by atoms with van der Waals surface area (Å²) >= 11 is 0. The van der Waals surface area contributed by atoms with E-state index < -0.39 is 26.4 Å². The van der Waals surface area contributed by atoms with Crippen molar-refractivity contribution in [3.8, 4) is 0 Å². The molecule has 1 aliphatic heterocycles. The predicted molar refractivity (Wildman–Crippen MR) is 122 cm³/mol. The average molecular weight is 490 g/mol. The third-order valence-corrected chi connectivity index (χ3v) is 6.54. The molecule has 0 unspecified atom stereocenters. The number of nitrogens with one attached hydrogen (secondary N) is 2. The van der Waals surface area contributed by atoms with Gasteiger partial charge in [0.15, 0.2) is 5.82 Å². The second-order valence-corrected chi connectivity index (χ2v) is 9.24. The number of ether oxygens (including phenoxy) is 1. The van der Waals surface area contributed by atoms with Crippen molar-refractivity contribution >= 4 is 38.6 Å². The number of nitrogens with zero attached hydrogens (tertiary/aromatic N) is 3. The van der Waals surface area contributed by atoms with Gasteiger partial charge in [0.2, 0.25) is 9.84 Å². The van der Waals surface area contributed by atoms with Crippen LogP contribution in [0, 0.1) is 0 Å². The minimum atomic E-state index is -4.93. The number of halogens is 2. The van der Waals surface area contributed by atoms with Gasteiger partial charge in [-0.1, -0.05) is 12.1 Å². The number of amides is 1. The lowest BCUT2D eigenvalue weighted by atomic mass is 10.2. The van der Waals surface area contributed by atoms with E-state index in [-0.39, 0.29) is 5.56 Å². The fraction of sp³-hybridized carbons (Fsp3) is 0.227. The predicted octanol–water partition coefficient (Wildman–Crippen LogP) is 3.31. The van der Waals surface area contributed by atoms with Crippen LogP contribution in [0.4, 0.5) is 31.7 Å². The molecule has 9 nitrogen and oxygen atoms in total. The van der Waals surface area contributed by atoms with Crippen molar-refractivity contribution in [3.63, 3.8) is 0 Å². The van der Waals surface area contributed by atoms with Gasteiger partial charge in [0.25, 0.3) is 5.91 Å². The van der Waals surface area contributed by atoms with Crippen molar-refractivity contribution in [2.24, 2.45) is 0 Å². The first-order valence-electron chi connectivity index (χ1n) is 10.3. The zero-order chi connectivity index (χ0) is 24.1. The molecule has 2 N–H and O–H groups in total. The standard InChI is InChI=1S/C22H21F2N5O4S/c23-22(24)34(31,32)19-4-2-1-3-18(19)21(30)27-16-7-5-15(6-8-16)26-20-13-17(14-25-28-20)29-9-11-33-12-10-29/h1-8,13-14,22H,9-12H2,(H,26,28)(H,27,30). The number of hydrogen-bond donors (Lipinski definition) is 2. The zero-order valence-electron chi connectivity index (χ0n) is 17.8. The van der Waals surface area contributed by atoms with E-state index in [0.29, 0.717) is 30.4 Å². The average Bonchev–Trinajstić information content (AvgIpc) is 2.86. The minimum absolute atomic E-state index is 0.355. The molecule has 1 saturated heterocycles. The maximum absolute atomic E-state index is 13.0. The summed E-state index contributed by atoms with van der Waals surface area (Å²) in [5, 5.41) is 13.8. The van der Waals surface area contributed by atoms with Crippen LogP contribution in [0.25, 0.3) is 0 Å². The number of aromatic nitrogens is 2. The van der Waals surface area contributed by atoms with Gasteiger partial charge in [-0.15, -0.1) is 5.10 Å². The van der Waals surface area contributed by atoms with Crippen molar-refractivity contribution < 1.29 is 26.7 Å². The molecule has 1 aliphatic rings. The number of carbonyl (C=O) groups is 1.